The predicted molar refractivity (Wildman–Crippen MR) is 82.1 cm³/mol. The van der Waals surface area contributed by atoms with Crippen LogP contribution in [-0.4, -0.2) is 22.9 Å². The van der Waals surface area contributed by atoms with E-state index in [0.29, 0.717) is 6.54 Å². The van der Waals surface area contributed by atoms with Crippen molar-refractivity contribution in [2.45, 2.75) is 51.1 Å². The smallest absolute Gasteiger partial charge is 0.274 e. The van der Waals surface area contributed by atoms with Crippen molar-refractivity contribution in [1.82, 2.24) is 4.90 Å². The number of rotatable bonds is 3. The monoisotopic (exact) mass is 289 g/mol. The molecule has 1 heterocycles. The van der Waals surface area contributed by atoms with E-state index in [1.54, 1.807) is 6.07 Å². The molecule has 0 saturated carbocycles. The summed E-state index contributed by atoms with van der Waals surface area (Å²) < 4.78 is 0. The van der Waals surface area contributed by atoms with Crippen molar-refractivity contribution < 1.29 is 4.92 Å². The second-order valence-corrected chi connectivity index (χ2v) is 6.27. The molecule has 5 nitrogen and oxygen atoms in total. The Morgan fingerprint density at radius 2 is 2.00 bits per heavy atom. The van der Waals surface area contributed by atoms with E-state index in [0.717, 1.165) is 43.5 Å². The van der Waals surface area contributed by atoms with Gasteiger partial charge >= 0.3 is 0 Å². The van der Waals surface area contributed by atoms with Gasteiger partial charge in [0.2, 0.25) is 0 Å². The van der Waals surface area contributed by atoms with Crippen LogP contribution in [0.5, 0.6) is 0 Å². The van der Waals surface area contributed by atoms with Gasteiger partial charge in [-0.3, -0.25) is 15.0 Å². The van der Waals surface area contributed by atoms with E-state index in [2.05, 4.69) is 4.90 Å². The van der Waals surface area contributed by atoms with Crippen molar-refractivity contribution in [1.29, 1.82) is 0 Å². The van der Waals surface area contributed by atoms with Crippen LogP contribution < -0.4 is 5.73 Å². The molecule has 0 radical (unpaired) electrons. The average molecular weight is 289 g/mol. The Hall–Kier alpha value is -1.46. The highest BCUT2D eigenvalue weighted by Gasteiger charge is 2.25. The molecule has 0 amide bonds. The van der Waals surface area contributed by atoms with Crippen LogP contribution in [-0.2, 0) is 13.0 Å². The lowest BCUT2D eigenvalue weighted by atomic mass is 9.86. The van der Waals surface area contributed by atoms with E-state index in [4.69, 9.17) is 5.73 Å². The fourth-order valence-corrected chi connectivity index (χ4v) is 3.58. The van der Waals surface area contributed by atoms with Gasteiger partial charge < -0.3 is 5.73 Å². The molecular weight excluding hydrogens is 266 g/mol. The summed E-state index contributed by atoms with van der Waals surface area (Å²) in [6.07, 6.45) is 6.67. The normalized spacial score (nSPS) is 22.8. The first-order chi connectivity index (χ1) is 10.1. The van der Waals surface area contributed by atoms with Crippen LogP contribution in [0.25, 0.3) is 0 Å². The molecule has 3 rings (SSSR count). The molecular formula is C16H23N3O2. The van der Waals surface area contributed by atoms with E-state index in [9.17, 15) is 10.1 Å². The van der Waals surface area contributed by atoms with Crippen LogP contribution >= 0.6 is 0 Å². The van der Waals surface area contributed by atoms with Gasteiger partial charge in [0.15, 0.2) is 0 Å². The largest absolute Gasteiger partial charge is 0.324 e. The van der Waals surface area contributed by atoms with Crippen molar-refractivity contribution in [3.05, 3.63) is 38.9 Å². The quantitative estimate of drug-likeness (QED) is 0.686. The number of nitrogens with zero attached hydrogens (tertiary/aromatic N) is 2. The maximum Gasteiger partial charge on any atom is 0.274 e. The van der Waals surface area contributed by atoms with Gasteiger partial charge in [-0.25, -0.2) is 0 Å². The highest BCUT2D eigenvalue weighted by molar-refractivity contribution is 5.49. The Morgan fingerprint density at radius 3 is 2.71 bits per heavy atom. The molecule has 5 heteroatoms. The number of aryl methyl sites for hydroxylation is 1. The van der Waals surface area contributed by atoms with Crippen molar-refractivity contribution in [3.8, 4) is 0 Å². The fourth-order valence-electron chi connectivity index (χ4n) is 3.58. The highest BCUT2D eigenvalue weighted by atomic mass is 16.6. The Bertz CT molecular complexity index is 539. The number of nitrogens with two attached hydrogens (primary N) is 1. The second kappa shape index (κ2) is 6.12. The maximum atomic E-state index is 11.4. The fraction of sp³-hybridized carbons (Fsp3) is 0.625. The minimum atomic E-state index is -0.249. The van der Waals surface area contributed by atoms with Crippen LogP contribution in [0.15, 0.2) is 12.1 Å². The average Bonchev–Trinajstić information content (AvgIpc) is 2.48. The summed E-state index contributed by atoms with van der Waals surface area (Å²) in [7, 11) is 0. The number of nitro benzene ring substituents is 1. The van der Waals surface area contributed by atoms with E-state index in [1.807, 2.05) is 6.07 Å². The molecule has 1 aliphatic heterocycles. The molecule has 114 valence electrons. The van der Waals surface area contributed by atoms with Gasteiger partial charge in [-0.2, -0.15) is 0 Å². The van der Waals surface area contributed by atoms with E-state index in [-0.39, 0.29) is 16.7 Å². The number of benzene rings is 1. The summed E-state index contributed by atoms with van der Waals surface area (Å²) in [4.78, 5) is 13.5. The number of hydrogen-bond donors (Lipinski definition) is 1. The Labute approximate surface area is 125 Å². The Kier molecular flexibility index (Phi) is 4.22. The van der Waals surface area contributed by atoms with Gasteiger partial charge in [0.25, 0.3) is 5.69 Å². The molecule has 2 aliphatic rings. The van der Waals surface area contributed by atoms with Gasteiger partial charge in [0, 0.05) is 24.2 Å². The predicted octanol–water partition coefficient (Wildman–Crippen LogP) is 2.92. The lowest BCUT2D eigenvalue weighted by Crippen LogP contribution is -2.29. The zero-order valence-electron chi connectivity index (χ0n) is 12.4. The molecule has 1 aliphatic carbocycles. The minimum absolute atomic E-state index is 0.0449. The maximum absolute atomic E-state index is 11.4. The van der Waals surface area contributed by atoms with Crippen molar-refractivity contribution in [2.75, 3.05) is 13.1 Å². The molecule has 1 fully saturated rings. The standard InChI is InChI=1S/C16H23N3O2/c17-15-6-4-5-12-9-13(11-18-7-2-1-3-8-18)16(19(20)21)10-14(12)15/h9-10,15H,1-8,11,17H2/t15-/m1/s1. The van der Waals surface area contributed by atoms with Crippen LogP contribution in [0.4, 0.5) is 5.69 Å². The topological polar surface area (TPSA) is 72.4 Å². The summed E-state index contributed by atoms with van der Waals surface area (Å²) in [5.74, 6) is 0. The molecule has 2 N–H and O–H groups in total. The SMILES string of the molecule is N[C@@H]1CCCc2cc(CN3CCCCC3)c([N+](=O)[O-])cc21. The molecule has 0 unspecified atom stereocenters. The third-order valence-electron chi connectivity index (χ3n) is 4.74. The lowest BCUT2D eigenvalue weighted by Gasteiger charge is -2.27. The molecule has 21 heavy (non-hydrogen) atoms. The minimum Gasteiger partial charge on any atom is -0.324 e. The molecule has 0 aromatic heterocycles. The van der Waals surface area contributed by atoms with Crippen molar-refractivity contribution in [3.63, 3.8) is 0 Å². The summed E-state index contributed by atoms with van der Waals surface area (Å²) in [5.41, 5.74) is 9.42. The van der Waals surface area contributed by atoms with Crippen LogP contribution in [0.1, 0.15) is 54.8 Å². The molecule has 1 aromatic rings. The van der Waals surface area contributed by atoms with Crippen LogP contribution in [0.3, 0.4) is 0 Å². The van der Waals surface area contributed by atoms with Crippen LogP contribution in [0, 0.1) is 10.1 Å². The summed E-state index contributed by atoms with van der Waals surface area (Å²) >= 11 is 0. The number of nitro groups is 1. The first-order valence-corrected chi connectivity index (χ1v) is 7.93. The van der Waals surface area contributed by atoms with Gasteiger partial charge in [0.1, 0.15) is 0 Å². The number of piperidine rings is 1. The number of likely N-dealkylation sites (tertiary alicyclic amines) is 1. The first-order valence-electron chi connectivity index (χ1n) is 7.93. The van der Waals surface area contributed by atoms with Crippen molar-refractivity contribution >= 4 is 5.69 Å². The molecule has 0 spiro atoms. The second-order valence-electron chi connectivity index (χ2n) is 6.27. The Balaban J connectivity index is 1.92. The molecule has 1 saturated heterocycles. The number of hydrogen-bond acceptors (Lipinski definition) is 4. The summed E-state index contributed by atoms with van der Waals surface area (Å²) in [6.45, 7) is 2.79. The first kappa shape index (κ1) is 14.5. The molecule has 0 bridgehead atoms. The zero-order valence-corrected chi connectivity index (χ0v) is 12.4. The lowest BCUT2D eigenvalue weighted by molar-refractivity contribution is -0.385. The number of fused-ring (bicyclic) bond motifs is 1. The zero-order chi connectivity index (χ0) is 14.8. The van der Waals surface area contributed by atoms with Crippen molar-refractivity contribution in [2.24, 2.45) is 5.73 Å². The molecule has 1 atom stereocenters. The van der Waals surface area contributed by atoms with E-state index < -0.39 is 0 Å². The van der Waals surface area contributed by atoms with Gasteiger partial charge in [-0.15, -0.1) is 0 Å². The molecule has 1 aromatic carbocycles. The summed E-state index contributed by atoms with van der Waals surface area (Å²) in [5, 5.41) is 11.4. The van der Waals surface area contributed by atoms with E-state index >= 15 is 0 Å². The van der Waals surface area contributed by atoms with Gasteiger partial charge in [-0.1, -0.05) is 6.42 Å². The van der Waals surface area contributed by atoms with Gasteiger partial charge in [0.05, 0.1) is 4.92 Å². The summed E-state index contributed by atoms with van der Waals surface area (Å²) in [6, 6.07) is 3.73. The third-order valence-corrected chi connectivity index (χ3v) is 4.74. The third kappa shape index (κ3) is 3.09. The highest BCUT2D eigenvalue weighted by Crippen LogP contribution is 2.34. The van der Waals surface area contributed by atoms with E-state index in [1.165, 1.54) is 24.8 Å². The van der Waals surface area contributed by atoms with Crippen LogP contribution in [0.2, 0.25) is 0 Å². The Morgan fingerprint density at radius 1 is 1.24 bits per heavy atom. The van der Waals surface area contributed by atoms with Gasteiger partial charge in [-0.05, 0) is 62.4 Å².